The Hall–Kier alpha value is 0.130. The van der Waals surface area contributed by atoms with E-state index in [1.807, 2.05) is 0 Å². The van der Waals surface area contributed by atoms with Gasteiger partial charge in [-0.2, -0.15) is 0 Å². The molecule has 154 valence electrons. The third-order valence-corrected chi connectivity index (χ3v) is 9.74. The highest BCUT2D eigenvalue weighted by Gasteiger charge is 2.59. The Morgan fingerprint density at radius 2 is 1.44 bits per heavy atom. The molecule has 3 aliphatic carbocycles. The molecule has 2 aliphatic heterocycles. The minimum Gasteiger partial charge on any atom is -0.0713 e. The van der Waals surface area contributed by atoms with Gasteiger partial charge in [-0.1, -0.05) is 105 Å². The van der Waals surface area contributed by atoms with Crippen LogP contribution in [0.25, 0.3) is 0 Å². The zero-order chi connectivity index (χ0) is 20.1. The SMILES string of the molecule is CC(C)B1CC2CC3CC(C2C1)C3(C)C.CC1CB(C(C)C)CC(C)(C)C1. The van der Waals surface area contributed by atoms with E-state index in [9.17, 15) is 0 Å². The minimum atomic E-state index is 0.604. The second kappa shape index (κ2) is 7.75. The highest BCUT2D eigenvalue weighted by atomic mass is 14.6. The number of hydrogen-bond acceptors (Lipinski definition) is 0. The average molecular weight is 370 g/mol. The molecule has 5 unspecified atom stereocenters. The first-order valence-corrected chi connectivity index (χ1v) is 12.4. The Balaban J connectivity index is 0.000000161. The molecule has 2 heterocycles. The number of rotatable bonds is 2. The largest absolute Gasteiger partial charge is 0.143 e. The summed E-state index contributed by atoms with van der Waals surface area (Å²) >= 11 is 0. The molecule has 2 saturated heterocycles. The molecule has 2 bridgehead atoms. The first-order valence-electron chi connectivity index (χ1n) is 12.4. The summed E-state index contributed by atoms with van der Waals surface area (Å²) < 4.78 is 0. The molecule has 27 heavy (non-hydrogen) atoms. The van der Waals surface area contributed by atoms with E-state index in [0.29, 0.717) is 10.8 Å². The topological polar surface area (TPSA) is 0 Å². The van der Waals surface area contributed by atoms with Crippen molar-refractivity contribution in [3.8, 4) is 0 Å². The Kier molecular flexibility index (Phi) is 6.27. The van der Waals surface area contributed by atoms with E-state index in [-0.39, 0.29) is 0 Å². The lowest BCUT2D eigenvalue weighted by Gasteiger charge is -2.62. The fraction of sp³-hybridized carbons (Fsp3) is 1.00. The van der Waals surface area contributed by atoms with Crippen LogP contribution in [0.3, 0.4) is 0 Å². The standard InChI is InChI=1S/C14H25B.C11H23B/c1-9(2)15-7-10-5-11-6-13(12(10)8-15)14(11,3)4;1-9(2)12-7-10(3)6-11(4,5)8-12/h9-13H,5-8H2,1-4H3;9-10H,6-8H2,1-5H3. The molecule has 5 atom stereocenters. The van der Waals surface area contributed by atoms with E-state index >= 15 is 0 Å². The summed E-state index contributed by atoms with van der Waals surface area (Å²) in [7, 11) is 0. The van der Waals surface area contributed by atoms with Crippen molar-refractivity contribution in [1.29, 1.82) is 0 Å². The van der Waals surface area contributed by atoms with Gasteiger partial charge in [0.05, 0.1) is 0 Å². The molecule has 0 radical (unpaired) electrons. The summed E-state index contributed by atoms with van der Waals surface area (Å²) in [4.78, 5) is 0. The molecule has 5 aliphatic rings. The van der Waals surface area contributed by atoms with Crippen molar-refractivity contribution in [2.24, 2.45) is 40.4 Å². The summed E-state index contributed by atoms with van der Waals surface area (Å²) in [6.07, 6.45) is 10.6. The lowest BCUT2D eigenvalue weighted by atomic mass is 9.30. The summed E-state index contributed by atoms with van der Waals surface area (Å²) in [5.41, 5.74) is 1.31. The van der Waals surface area contributed by atoms with Gasteiger partial charge in [-0.15, -0.1) is 0 Å². The van der Waals surface area contributed by atoms with Crippen LogP contribution in [0.4, 0.5) is 0 Å². The van der Waals surface area contributed by atoms with Gasteiger partial charge in [0.25, 0.3) is 0 Å². The molecular weight excluding hydrogens is 322 g/mol. The highest BCUT2D eigenvalue weighted by molar-refractivity contribution is 6.61. The zero-order valence-corrected chi connectivity index (χ0v) is 20.1. The van der Waals surface area contributed by atoms with Crippen LogP contribution in [0.5, 0.6) is 0 Å². The monoisotopic (exact) mass is 370 g/mol. The maximum absolute atomic E-state index is 2.53. The highest BCUT2D eigenvalue weighted by Crippen LogP contribution is 2.67. The first kappa shape index (κ1) is 21.8. The summed E-state index contributed by atoms with van der Waals surface area (Å²) in [5, 5.41) is 0. The van der Waals surface area contributed by atoms with Gasteiger partial charge in [0, 0.05) is 0 Å². The molecule has 0 N–H and O–H groups in total. The Labute approximate surface area is 172 Å². The Bertz CT molecular complexity index is 506. The Morgan fingerprint density at radius 3 is 1.96 bits per heavy atom. The molecule has 0 aromatic heterocycles. The van der Waals surface area contributed by atoms with Crippen molar-refractivity contribution >= 4 is 13.4 Å². The van der Waals surface area contributed by atoms with Crippen LogP contribution in [0.2, 0.25) is 36.9 Å². The zero-order valence-electron chi connectivity index (χ0n) is 20.1. The van der Waals surface area contributed by atoms with Gasteiger partial charge in [-0.3, -0.25) is 0 Å². The van der Waals surface area contributed by atoms with Gasteiger partial charge in [0.2, 0.25) is 0 Å². The maximum Gasteiger partial charge on any atom is 0.143 e. The molecule has 2 heteroatoms. The van der Waals surface area contributed by atoms with E-state index in [1.165, 1.54) is 19.1 Å². The summed E-state index contributed by atoms with van der Waals surface area (Å²) in [5.74, 6) is 7.15. The molecule has 5 rings (SSSR count). The van der Waals surface area contributed by atoms with Gasteiger partial charge >= 0.3 is 0 Å². The van der Waals surface area contributed by atoms with Crippen LogP contribution < -0.4 is 0 Å². The predicted molar refractivity (Wildman–Crippen MR) is 125 cm³/mol. The second-order valence-corrected chi connectivity index (χ2v) is 13.4. The van der Waals surface area contributed by atoms with Crippen LogP contribution in [-0.4, -0.2) is 13.4 Å². The quantitative estimate of drug-likeness (QED) is 0.430. The maximum atomic E-state index is 2.53. The first-order chi connectivity index (χ1) is 12.4. The van der Waals surface area contributed by atoms with E-state index in [2.05, 4.69) is 62.3 Å². The van der Waals surface area contributed by atoms with Gasteiger partial charge in [0.1, 0.15) is 13.4 Å². The molecular formula is C25H48B2. The van der Waals surface area contributed by atoms with E-state index in [1.54, 1.807) is 25.5 Å². The molecule has 0 amide bonds. The van der Waals surface area contributed by atoms with E-state index < -0.39 is 0 Å². The molecule has 0 aromatic carbocycles. The van der Waals surface area contributed by atoms with Crippen molar-refractivity contribution < 1.29 is 0 Å². The van der Waals surface area contributed by atoms with Gasteiger partial charge < -0.3 is 0 Å². The van der Waals surface area contributed by atoms with Gasteiger partial charge in [-0.25, -0.2) is 0 Å². The van der Waals surface area contributed by atoms with Crippen molar-refractivity contribution in [2.75, 3.05) is 0 Å². The number of hydrogen-bond donors (Lipinski definition) is 0. The van der Waals surface area contributed by atoms with Crippen LogP contribution >= 0.6 is 0 Å². The van der Waals surface area contributed by atoms with Gasteiger partial charge in [0.15, 0.2) is 0 Å². The predicted octanol–water partition coefficient (Wildman–Crippen LogP) is 8.16. The average Bonchev–Trinajstić information content (AvgIpc) is 2.97. The molecule has 0 spiro atoms. The molecule has 0 aromatic rings. The molecule has 5 fully saturated rings. The fourth-order valence-corrected chi connectivity index (χ4v) is 7.99. The van der Waals surface area contributed by atoms with Crippen molar-refractivity contribution in [3.63, 3.8) is 0 Å². The van der Waals surface area contributed by atoms with E-state index in [0.717, 1.165) is 54.6 Å². The van der Waals surface area contributed by atoms with Crippen LogP contribution in [0.1, 0.15) is 81.6 Å². The van der Waals surface area contributed by atoms with Crippen LogP contribution in [0, 0.1) is 40.4 Å². The third kappa shape index (κ3) is 4.50. The van der Waals surface area contributed by atoms with Crippen molar-refractivity contribution in [1.82, 2.24) is 0 Å². The van der Waals surface area contributed by atoms with Crippen LogP contribution in [-0.2, 0) is 0 Å². The third-order valence-electron chi connectivity index (χ3n) is 9.74. The normalized spacial score (nSPS) is 39.0. The van der Waals surface area contributed by atoms with Crippen molar-refractivity contribution in [3.05, 3.63) is 0 Å². The Morgan fingerprint density at radius 1 is 0.815 bits per heavy atom. The summed E-state index contributed by atoms with van der Waals surface area (Å²) in [6.45, 7) is 24.0. The lowest BCUT2D eigenvalue weighted by Crippen LogP contribution is -2.54. The van der Waals surface area contributed by atoms with E-state index in [4.69, 9.17) is 0 Å². The fourth-order valence-electron chi connectivity index (χ4n) is 7.99. The molecule has 3 saturated carbocycles. The van der Waals surface area contributed by atoms with Gasteiger partial charge in [-0.05, 0) is 53.8 Å². The minimum absolute atomic E-state index is 0.604. The smallest absolute Gasteiger partial charge is 0.0713 e. The second-order valence-electron chi connectivity index (χ2n) is 13.4. The van der Waals surface area contributed by atoms with Crippen molar-refractivity contribution in [2.45, 2.75) is 118 Å². The summed E-state index contributed by atoms with van der Waals surface area (Å²) in [6, 6.07) is 0. The lowest BCUT2D eigenvalue weighted by molar-refractivity contribution is -0.120. The molecule has 0 nitrogen and oxygen atoms in total. The van der Waals surface area contributed by atoms with Crippen LogP contribution in [0.15, 0.2) is 0 Å².